The van der Waals surface area contributed by atoms with E-state index < -0.39 is 0 Å². The van der Waals surface area contributed by atoms with Crippen molar-refractivity contribution < 1.29 is 13.6 Å². The van der Waals surface area contributed by atoms with E-state index in [-0.39, 0.29) is 17.5 Å². The summed E-state index contributed by atoms with van der Waals surface area (Å²) in [6.07, 6.45) is 3.21. The van der Waals surface area contributed by atoms with E-state index in [2.05, 4.69) is 15.2 Å². The van der Waals surface area contributed by atoms with Gasteiger partial charge in [-0.05, 0) is 42.5 Å². The van der Waals surface area contributed by atoms with E-state index in [9.17, 15) is 13.6 Å². The molecule has 3 aromatic rings. The van der Waals surface area contributed by atoms with Gasteiger partial charge in [0, 0.05) is 38.1 Å². The number of hydrogen-bond acceptors (Lipinski definition) is 4. The van der Waals surface area contributed by atoms with Crippen LogP contribution in [0.5, 0.6) is 0 Å². The van der Waals surface area contributed by atoms with E-state index in [1.54, 1.807) is 24.4 Å². The highest BCUT2D eigenvalue weighted by Crippen LogP contribution is 2.23. The molecule has 4 rings (SSSR count). The second-order valence-electron chi connectivity index (χ2n) is 6.82. The van der Waals surface area contributed by atoms with E-state index in [1.807, 2.05) is 11.0 Å². The molecule has 1 aliphatic heterocycles. The molecular formula is C22H20F2N4O. The van der Waals surface area contributed by atoms with Gasteiger partial charge in [-0.1, -0.05) is 12.1 Å². The number of aromatic nitrogens is 1. The number of rotatable bonds is 4. The molecule has 1 saturated heterocycles. The Morgan fingerprint density at radius 1 is 0.897 bits per heavy atom. The van der Waals surface area contributed by atoms with Crippen LogP contribution in [0, 0.1) is 11.6 Å². The molecule has 29 heavy (non-hydrogen) atoms. The third-order valence-corrected chi connectivity index (χ3v) is 4.93. The van der Waals surface area contributed by atoms with Crippen LogP contribution in [-0.2, 0) is 0 Å². The van der Waals surface area contributed by atoms with Crippen LogP contribution in [-0.4, -0.2) is 37.1 Å². The van der Waals surface area contributed by atoms with Crippen molar-refractivity contribution in [3.8, 4) is 0 Å². The summed E-state index contributed by atoms with van der Waals surface area (Å²) in [5, 5.41) is 2.74. The van der Waals surface area contributed by atoms with Gasteiger partial charge in [0.25, 0.3) is 5.91 Å². The number of nitrogens with one attached hydrogen (secondary N) is 1. The van der Waals surface area contributed by atoms with Crippen molar-refractivity contribution in [2.75, 3.05) is 41.3 Å². The fourth-order valence-electron chi connectivity index (χ4n) is 3.38. The molecule has 0 atom stereocenters. The topological polar surface area (TPSA) is 48.5 Å². The van der Waals surface area contributed by atoms with Crippen molar-refractivity contribution in [3.05, 3.63) is 84.2 Å². The lowest BCUT2D eigenvalue weighted by molar-refractivity contribution is 0.102. The number of hydrogen-bond donors (Lipinski definition) is 1. The molecule has 1 fully saturated rings. The first-order valence-electron chi connectivity index (χ1n) is 9.36. The van der Waals surface area contributed by atoms with Gasteiger partial charge >= 0.3 is 0 Å². The smallest absolute Gasteiger partial charge is 0.257 e. The average Bonchev–Trinajstić information content (AvgIpc) is 2.76. The van der Waals surface area contributed by atoms with Crippen molar-refractivity contribution in [1.29, 1.82) is 0 Å². The first-order valence-corrected chi connectivity index (χ1v) is 9.36. The van der Waals surface area contributed by atoms with E-state index in [4.69, 9.17) is 0 Å². The summed E-state index contributed by atoms with van der Waals surface area (Å²) in [6, 6.07) is 14.1. The van der Waals surface area contributed by atoms with E-state index in [0.717, 1.165) is 5.69 Å². The summed E-state index contributed by atoms with van der Waals surface area (Å²) in [5.74, 6) is -0.890. The van der Waals surface area contributed by atoms with Crippen LogP contribution < -0.4 is 15.1 Å². The monoisotopic (exact) mass is 394 g/mol. The third kappa shape index (κ3) is 4.34. The predicted octanol–water partition coefficient (Wildman–Crippen LogP) is 3.94. The molecule has 0 saturated carbocycles. The minimum absolute atomic E-state index is 0.220. The lowest BCUT2D eigenvalue weighted by atomic mass is 10.2. The Kier molecular flexibility index (Phi) is 5.37. The largest absolute Gasteiger partial charge is 0.367 e. The van der Waals surface area contributed by atoms with E-state index in [1.165, 1.54) is 36.5 Å². The van der Waals surface area contributed by atoms with E-state index >= 15 is 0 Å². The van der Waals surface area contributed by atoms with Gasteiger partial charge < -0.3 is 15.1 Å². The Labute approximate surface area is 167 Å². The highest BCUT2D eigenvalue weighted by atomic mass is 19.1. The maximum absolute atomic E-state index is 14.0. The molecule has 148 valence electrons. The number of nitrogens with zero attached hydrogens (tertiary/aromatic N) is 3. The maximum atomic E-state index is 14.0. The summed E-state index contributed by atoms with van der Waals surface area (Å²) in [4.78, 5) is 20.8. The summed E-state index contributed by atoms with van der Waals surface area (Å²) in [7, 11) is 0. The molecule has 2 aromatic carbocycles. The molecule has 5 nitrogen and oxygen atoms in total. The number of piperazine rings is 1. The van der Waals surface area contributed by atoms with Gasteiger partial charge in [0.1, 0.15) is 11.6 Å². The summed E-state index contributed by atoms with van der Waals surface area (Å²) in [5.41, 5.74) is 2.38. The second-order valence-corrected chi connectivity index (χ2v) is 6.82. The van der Waals surface area contributed by atoms with Gasteiger partial charge in [0.15, 0.2) is 0 Å². The molecule has 1 aliphatic rings. The lowest BCUT2D eigenvalue weighted by Crippen LogP contribution is -2.46. The molecule has 0 spiro atoms. The Morgan fingerprint density at radius 3 is 2.31 bits per heavy atom. The number of halogens is 2. The normalized spacial score (nSPS) is 14.0. The highest BCUT2D eigenvalue weighted by Gasteiger charge is 2.20. The number of amides is 1. The minimum Gasteiger partial charge on any atom is -0.367 e. The second kappa shape index (κ2) is 8.26. The number of benzene rings is 2. The standard InChI is InChI=1S/C22H20F2N4O/c23-17-5-7-18(8-6-17)26-22(29)16-13-19(15-25-14-16)27-9-11-28(12-10-27)21-4-2-1-3-20(21)24/h1-8,13-15H,9-12H2,(H,26,29). The van der Waals surface area contributed by atoms with Crippen LogP contribution in [0.3, 0.4) is 0 Å². The quantitative estimate of drug-likeness (QED) is 0.728. The molecule has 1 aromatic heterocycles. The summed E-state index contributed by atoms with van der Waals surface area (Å²) in [6.45, 7) is 2.73. The molecule has 0 bridgehead atoms. The number of para-hydroxylation sites is 1. The first-order chi connectivity index (χ1) is 14.1. The van der Waals surface area contributed by atoms with Crippen molar-refractivity contribution in [2.45, 2.75) is 0 Å². The van der Waals surface area contributed by atoms with Crippen LogP contribution in [0.1, 0.15) is 10.4 Å². The van der Waals surface area contributed by atoms with Crippen LogP contribution in [0.2, 0.25) is 0 Å². The lowest BCUT2D eigenvalue weighted by Gasteiger charge is -2.37. The zero-order valence-electron chi connectivity index (χ0n) is 15.7. The number of anilines is 3. The van der Waals surface area contributed by atoms with Crippen molar-refractivity contribution in [3.63, 3.8) is 0 Å². The average molecular weight is 394 g/mol. The highest BCUT2D eigenvalue weighted by molar-refractivity contribution is 6.04. The van der Waals surface area contributed by atoms with Crippen LogP contribution in [0.4, 0.5) is 25.8 Å². The Balaban J connectivity index is 1.42. The van der Waals surface area contributed by atoms with Gasteiger partial charge in [0.05, 0.1) is 23.1 Å². The van der Waals surface area contributed by atoms with Crippen molar-refractivity contribution >= 4 is 23.0 Å². The van der Waals surface area contributed by atoms with Gasteiger partial charge in [-0.25, -0.2) is 8.78 Å². The van der Waals surface area contributed by atoms with Gasteiger partial charge in [-0.2, -0.15) is 0 Å². The first kappa shape index (κ1) is 18.9. The molecular weight excluding hydrogens is 374 g/mol. The fraction of sp³-hybridized carbons (Fsp3) is 0.182. The van der Waals surface area contributed by atoms with Crippen molar-refractivity contribution in [1.82, 2.24) is 4.98 Å². The molecule has 0 aliphatic carbocycles. The Morgan fingerprint density at radius 2 is 1.59 bits per heavy atom. The fourth-order valence-corrected chi connectivity index (χ4v) is 3.38. The Bertz CT molecular complexity index is 1000. The van der Waals surface area contributed by atoms with Crippen LogP contribution in [0.15, 0.2) is 67.0 Å². The molecule has 7 heteroatoms. The Hall–Kier alpha value is -3.48. The third-order valence-electron chi connectivity index (χ3n) is 4.93. The summed E-state index contributed by atoms with van der Waals surface area (Å²) < 4.78 is 27.0. The maximum Gasteiger partial charge on any atom is 0.257 e. The molecule has 0 unspecified atom stereocenters. The SMILES string of the molecule is O=C(Nc1ccc(F)cc1)c1cncc(N2CCN(c3ccccc3F)CC2)c1. The van der Waals surface area contributed by atoms with Gasteiger partial charge in [0.2, 0.25) is 0 Å². The van der Waals surface area contributed by atoms with Crippen LogP contribution >= 0.6 is 0 Å². The van der Waals surface area contributed by atoms with Gasteiger partial charge in [-0.15, -0.1) is 0 Å². The van der Waals surface area contributed by atoms with Gasteiger partial charge in [-0.3, -0.25) is 9.78 Å². The minimum atomic E-state index is -0.360. The zero-order chi connectivity index (χ0) is 20.2. The number of pyridine rings is 1. The summed E-state index contributed by atoms with van der Waals surface area (Å²) >= 11 is 0. The van der Waals surface area contributed by atoms with Crippen LogP contribution in [0.25, 0.3) is 0 Å². The molecule has 0 radical (unpaired) electrons. The molecule has 1 amide bonds. The van der Waals surface area contributed by atoms with E-state index in [0.29, 0.717) is 43.1 Å². The number of carbonyl (C=O) groups excluding carboxylic acids is 1. The molecule has 2 heterocycles. The number of carbonyl (C=O) groups is 1. The van der Waals surface area contributed by atoms with Crippen molar-refractivity contribution in [2.24, 2.45) is 0 Å². The predicted molar refractivity (Wildman–Crippen MR) is 109 cm³/mol. The zero-order valence-corrected chi connectivity index (χ0v) is 15.7. The molecule has 1 N–H and O–H groups in total.